The molecule has 0 aliphatic carbocycles. The number of nitrogens with one attached hydrogen (secondary N) is 3. The van der Waals surface area contributed by atoms with Gasteiger partial charge in [0.1, 0.15) is 11.7 Å². The smallest absolute Gasteiger partial charge is 0.362 e. The summed E-state index contributed by atoms with van der Waals surface area (Å²) < 4.78 is 28.2. The van der Waals surface area contributed by atoms with Gasteiger partial charge in [0.25, 0.3) is 11.8 Å². The fourth-order valence-corrected chi connectivity index (χ4v) is 5.02. The number of imide groups is 1. The van der Waals surface area contributed by atoms with E-state index in [4.69, 9.17) is 10.6 Å². The molecule has 0 unspecified atom stereocenters. The molecule has 21 nitrogen and oxygen atoms in total. The van der Waals surface area contributed by atoms with E-state index in [2.05, 4.69) is 25.5 Å². The number of carbonyl (C=O) groups is 4. The first-order valence-corrected chi connectivity index (χ1v) is 14.8. The maximum atomic E-state index is 12.9. The fourth-order valence-electron chi connectivity index (χ4n) is 3.56. The van der Waals surface area contributed by atoms with Crippen molar-refractivity contribution in [3.63, 3.8) is 0 Å². The molecule has 45 heavy (non-hydrogen) atoms. The van der Waals surface area contributed by atoms with Crippen LogP contribution in [0.15, 0.2) is 32.4 Å². The number of nitrogens with zero attached hydrogens (tertiary/aromatic N) is 6. The molecular formula is C22H24N10O11S2. The molecule has 23 heteroatoms. The molecular weight excluding hydrogens is 644 g/mol. The maximum absolute atomic E-state index is 12.9. The molecule has 3 aromatic rings. The number of hydrogen-bond acceptors (Lipinski definition) is 15. The van der Waals surface area contributed by atoms with Gasteiger partial charge in [-0.2, -0.15) is 8.42 Å². The van der Waals surface area contributed by atoms with Gasteiger partial charge < -0.3 is 31.1 Å². The molecule has 4 heterocycles. The van der Waals surface area contributed by atoms with Gasteiger partial charge in [0.05, 0.1) is 12.2 Å². The average molecular weight is 669 g/mol. The summed E-state index contributed by atoms with van der Waals surface area (Å²) in [7, 11) is -5.04. The van der Waals surface area contributed by atoms with Crippen molar-refractivity contribution in [1.82, 2.24) is 38.7 Å². The molecule has 0 radical (unpaired) electrons. The Morgan fingerprint density at radius 1 is 1.29 bits per heavy atom. The van der Waals surface area contributed by atoms with Crippen LogP contribution in [0, 0.1) is 0 Å². The van der Waals surface area contributed by atoms with Crippen LogP contribution in [0.25, 0.3) is 11.5 Å². The lowest BCUT2D eigenvalue weighted by Crippen LogP contribution is -2.68. The van der Waals surface area contributed by atoms with Gasteiger partial charge in [0.15, 0.2) is 22.4 Å². The van der Waals surface area contributed by atoms with E-state index < -0.39 is 74.8 Å². The molecule has 3 aromatic heterocycles. The van der Waals surface area contributed by atoms with Crippen molar-refractivity contribution >= 4 is 56.2 Å². The topological polar surface area (TPSA) is 303 Å². The van der Waals surface area contributed by atoms with Crippen LogP contribution in [-0.2, 0) is 36.0 Å². The van der Waals surface area contributed by atoms with Crippen molar-refractivity contribution in [3.8, 4) is 17.3 Å². The Kier molecular flexibility index (Phi) is 8.50. The van der Waals surface area contributed by atoms with Crippen molar-refractivity contribution in [3.05, 3.63) is 44.0 Å². The molecule has 0 spiro atoms. The van der Waals surface area contributed by atoms with Gasteiger partial charge in [-0.05, 0) is 20.8 Å². The number of nitrogen functional groups attached to an aromatic ring is 1. The molecule has 1 atom stereocenters. The summed E-state index contributed by atoms with van der Waals surface area (Å²) in [6.45, 7) is 3.19. The van der Waals surface area contributed by atoms with Gasteiger partial charge in [-0.15, -0.1) is 16.4 Å². The predicted molar refractivity (Wildman–Crippen MR) is 152 cm³/mol. The number of aromatic amines is 1. The highest BCUT2D eigenvalue weighted by atomic mass is 32.2. The minimum Gasteiger partial charge on any atom is -0.503 e. The normalized spacial score (nSPS) is 15.4. The number of amides is 4. The number of hydrogen-bond donors (Lipinski definition) is 6. The standard InChI is InChI=1S/C22H24N10O11S2/c1-4-30-15(9-5-12(33)13(34)6-24-9)27-32(21(30)40)45(41,42)29-20(39)31-7-10(17(31)36)25-16(35)14(11-8-44-19(23)26-11)28-43-22(2,3)18(37)38/h5-6,8,10,34H,4,7H2,1-3H3,(H2,23,26)(H,24,33)(H,25,35)(H,29,39)(H,37,38)/b28-14-/t10-/m0/s1. The number of pyridine rings is 1. The lowest BCUT2D eigenvalue weighted by Gasteiger charge is -2.36. The van der Waals surface area contributed by atoms with Crippen LogP contribution in [-0.4, -0.2) is 95.0 Å². The number of anilines is 1. The van der Waals surface area contributed by atoms with Gasteiger partial charge in [-0.1, -0.05) is 9.24 Å². The minimum absolute atomic E-state index is 0.0399. The maximum Gasteiger partial charge on any atom is 0.362 e. The summed E-state index contributed by atoms with van der Waals surface area (Å²) >= 11 is 0.934. The van der Waals surface area contributed by atoms with Crippen molar-refractivity contribution in [2.24, 2.45) is 5.16 Å². The molecule has 1 aliphatic heterocycles. The predicted octanol–water partition coefficient (Wildman–Crippen LogP) is -2.42. The molecule has 7 N–H and O–H groups in total. The molecule has 1 saturated heterocycles. The van der Waals surface area contributed by atoms with Gasteiger partial charge in [0.2, 0.25) is 11.0 Å². The number of thiazole rings is 1. The van der Waals surface area contributed by atoms with Crippen molar-refractivity contribution < 1.29 is 42.6 Å². The highest BCUT2D eigenvalue weighted by Gasteiger charge is 2.44. The highest BCUT2D eigenvalue weighted by molar-refractivity contribution is 7.88. The van der Waals surface area contributed by atoms with E-state index in [1.54, 1.807) is 0 Å². The van der Waals surface area contributed by atoms with E-state index in [9.17, 15) is 47.4 Å². The minimum atomic E-state index is -5.04. The zero-order chi connectivity index (χ0) is 33.4. The molecule has 240 valence electrons. The zero-order valence-corrected chi connectivity index (χ0v) is 25.0. The Bertz CT molecular complexity index is 1970. The largest absolute Gasteiger partial charge is 0.503 e. The van der Waals surface area contributed by atoms with Crippen molar-refractivity contribution in [1.29, 1.82) is 0 Å². The van der Waals surface area contributed by atoms with Gasteiger partial charge in [-0.3, -0.25) is 23.9 Å². The Labute approximate surface area is 255 Å². The van der Waals surface area contributed by atoms with Crippen molar-refractivity contribution in [2.75, 3.05) is 12.3 Å². The number of carboxylic acids is 1. The zero-order valence-electron chi connectivity index (χ0n) is 23.4. The molecule has 4 amide bonds. The summed E-state index contributed by atoms with van der Waals surface area (Å²) in [5.41, 5.74) is 0.940. The molecule has 0 saturated carbocycles. The number of nitrogens with two attached hydrogens (primary N) is 1. The lowest BCUT2D eigenvalue weighted by molar-refractivity contribution is -0.161. The number of likely N-dealkylation sites (tertiary alicyclic amines) is 1. The third kappa shape index (κ3) is 6.37. The number of aromatic hydroxyl groups is 1. The first-order chi connectivity index (χ1) is 21.0. The van der Waals surface area contributed by atoms with E-state index in [0.29, 0.717) is 4.90 Å². The second-order valence-corrected chi connectivity index (χ2v) is 12.0. The Morgan fingerprint density at radius 3 is 2.53 bits per heavy atom. The SMILES string of the molecule is CCn1c(-c2cc(=O)c(O)c[nH]2)nn(S(=O)(=O)NC(=O)N2C[C@H](NC(=O)/C(=N\OC(C)(C)C(=O)O)c3csc(N)n3)C2=O)c1=O. The number of urea groups is 1. The first-order valence-electron chi connectivity index (χ1n) is 12.5. The molecule has 1 fully saturated rings. The van der Waals surface area contributed by atoms with Crippen molar-refractivity contribution in [2.45, 2.75) is 39.0 Å². The number of aliphatic carboxylic acids is 1. The molecule has 4 rings (SSSR count). The van der Waals surface area contributed by atoms with Gasteiger partial charge >= 0.3 is 27.9 Å². The Hall–Kier alpha value is -5.58. The second-order valence-electron chi connectivity index (χ2n) is 9.59. The Balaban J connectivity index is 1.48. The molecule has 1 aliphatic rings. The van der Waals surface area contributed by atoms with Crippen LogP contribution >= 0.6 is 11.3 Å². The third-order valence-electron chi connectivity index (χ3n) is 6.07. The second kappa shape index (κ2) is 11.8. The van der Waals surface area contributed by atoms with E-state index in [-0.39, 0.29) is 33.0 Å². The summed E-state index contributed by atoms with van der Waals surface area (Å²) in [6.07, 6.45) is 0.910. The summed E-state index contributed by atoms with van der Waals surface area (Å²) in [5.74, 6) is -4.44. The average Bonchev–Trinajstić information content (AvgIpc) is 3.54. The summed E-state index contributed by atoms with van der Waals surface area (Å²) in [5, 5.41) is 29.6. The van der Waals surface area contributed by atoms with E-state index in [1.165, 1.54) is 30.9 Å². The van der Waals surface area contributed by atoms with Gasteiger partial charge in [-0.25, -0.2) is 24.1 Å². The number of aromatic nitrogens is 5. The first kappa shape index (κ1) is 32.3. The number of H-pyrrole nitrogens is 1. The fraction of sp³-hybridized carbons (Fsp3) is 0.318. The number of rotatable bonds is 10. The van der Waals surface area contributed by atoms with Crippen LogP contribution in [0.2, 0.25) is 0 Å². The number of oxime groups is 1. The summed E-state index contributed by atoms with van der Waals surface area (Å²) in [6, 6.07) is -1.94. The quantitative estimate of drug-likeness (QED) is 0.0744. The van der Waals surface area contributed by atoms with Crippen LogP contribution in [0.5, 0.6) is 5.75 Å². The highest BCUT2D eigenvalue weighted by Crippen LogP contribution is 2.17. The summed E-state index contributed by atoms with van der Waals surface area (Å²) in [4.78, 5) is 86.0. The molecule has 0 aromatic carbocycles. The number of carbonyl (C=O) groups excluding carboxylic acids is 3. The lowest BCUT2D eigenvalue weighted by atomic mass is 10.1. The van der Waals surface area contributed by atoms with Gasteiger partial charge in [0, 0.05) is 24.2 Å². The van der Waals surface area contributed by atoms with E-state index in [0.717, 1.165) is 28.2 Å². The van der Waals surface area contributed by atoms with Crippen LogP contribution in [0.4, 0.5) is 9.93 Å². The van der Waals surface area contributed by atoms with Crippen LogP contribution in [0.1, 0.15) is 26.5 Å². The van der Waals surface area contributed by atoms with Crippen LogP contribution < -0.4 is 26.9 Å². The number of carboxylic acid groups (broad SMARTS) is 1. The monoisotopic (exact) mass is 668 g/mol. The van der Waals surface area contributed by atoms with E-state index in [1.807, 2.05) is 0 Å². The third-order valence-corrected chi connectivity index (χ3v) is 7.87. The van der Waals surface area contributed by atoms with Crippen LogP contribution in [0.3, 0.4) is 0 Å². The van der Waals surface area contributed by atoms with E-state index >= 15 is 0 Å². The number of β-lactam (4-membered cyclic amide) rings is 1. The Morgan fingerprint density at radius 2 is 1.98 bits per heavy atom. The molecule has 0 bridgehead atoms.